The van der Waals surface area contributed by atoms with Crippen LogP contribution >= 0.6 is 0 Å². The molecule has 1 saturated heterocycles. The highest BCUT2D eigenvalue weighted by molar-refractivity contribution is 5.90. The van der Waals surface area contributed by atoms with E-state index >= 15 is 0 Å². The molecule has 22 heavy (non-hydrogen) atoms. The molecule has 0 radical (unpaired) electrons. The maximum Gasteiger partial charge on any atom is 0.335 e. The zero-order valence-corrected chi connectivity index (χ0v) is 14.1. The summed E-state index contributed by atoms with van der Waals surface area (Å²) in [5.74, 6) is -0.430. The molecule has 0 saturated carbocycles. The Kier molecular flexibility index (Phi) is 5.14. The number of rotatable bonds is 4. The summed E-state index contributed by atoms with van der Waals surface area (Å²) in [7, 11) is 0. The summed E-state index contributed by atoms with van der Waals surface area (Å²) in [6.45, 7) is 8.20. The lowest BCUT2D eigenvalue weighted by Gasteiger charge is -2.47. The number of ether oxygens (including phenoxy) is 2. The largest absolute Gasteiger partial charge is 0.461 e. The summed E-state index contributed by atoms with van der Waals surface area (Å²) >= 11 is 0. The zero-order chi connectivity index (χ0) is 16.3. The fourth-order valence-electron chi connectivity index (χ4n) is 3.20. The lowest BCUT2D eigenvalue weighted by Crippen LogP contribution is -2.57. The quantitative estimate of drug-likeness (QED) is 0.747. The molecule has 0 aromatic heterocycles. The van der Waals surface area contributed by atoms with Crippen molar-refractivity contribution in [2.45, 2.75) is 77.5 Å². The highest BCUT2D eigenvalue weighted by Gasteiger charge is 2.48. The summed E-state index contributed by atoms with van der Waals surface area (Å²) in [5, 5.41) is 0. The van der Waals surface area contributed by atoms with Crippen molar-refractivity contribution in [3.63, 3.8) is 0 Å². The van der Waals surface area contributed by atoms with Gasteiger partial charge in [-0.1, -0.05) is 0 Å². The predicted molar refractivity (Wildman–Crippen MR) is 83.1 cm³/mol. The molecule has 1 atom stereocenters. The fourth-order valence-corrected chi connectivity index (χ4v) is 3.20. The van der Waals surface area contributed by atoms with Gasteiger partial charge in [-0.15, -0.1) is 0 Å². The topological polar surface area (TPSA) is 55.8 Å². The van der Waals surface area contributed by atoms with Crippen LogP contribution in [0.4, 0.5) is 0 Å². The minimum atomic E-state index is -0.593. The Labute approximate surface area is 132 Å². The molecule has 0 aliphatic carbocycles. The highest BCUT2D eigenvalue weighted by Crippen LogP contribution is 2.39. The molecule has 2 aliphatic heterocycles. The number of esters is 2. The third-order valence-electron chi connectivity index (χ3n) is 4.24. The Morgan fingerprint density at radius 2 is 1.77 bits per heavy atom. The van der Waals surface area contributed by atoms with Crippen molar-refractivity contribution in [3.05, 3.63) is 11.8 Å². The monoisotopic (exact) mass is 309 g/mol. The van der Waals surface area contributed by atoms with Gasteiger partial charge in [0.2, 0.25) is 0 Å². The van der Waals surface area contributed by atoms with Gasteiger partial charge in [-0.25, -0.2) is 9.59 Å². The van der Waals surface area contributed by atoms with Gasteiger partial charge in [-0.3, -0.25) is 0 Å². The SMILES string of the molecule is CC(C)OC(=O)C1=CN2CCCCC2(C(=O)OC(C)C)CC1. The maximum absolute atomic E-state index is 12.6. The van der Waals surface area contributed by atoms with E-state index in [-0.39, 0.29) is 24.1 Å². The van der Waals surface area contributed by atoms with E-state index in [1.165, 1.54) is 0 Å². The number of hydrogen-bond donors (Lipinski definition) is 0. The van der Waals surface area contributed by atoms with E-state index in [4.69, 9.17) is 9.47 Å². The Balaban J connectivity index is 2.20. The maximum atomic E-state index is 12.6. The number of nitrogens with zero attached hydrogens (tertiary/aromatic N) is 1. The van der Waals surface area contributed by atoms with E-state index < -0.39 is 5.54 Å². The second kappa shape index (κ2) is 6.71. The molecule has 2 rings (SSSR count). The van der Waals surface area contributed by atoms with E-state index in [1.807, 2.05) is 38.8 Å². The average molecular weight is 309 g/mol. The smallest absolute Gasteiger partial charge is 0.335 e. The van der Waals surface area contributed by atoms with Crippen molar-refractivity contribution >= 4 is 11.9 Å². The molecule has 2 heterocycles. The highest BCUT2D eigenvalue weighted by atomic mass is 16.5. The normalized spacial score (nSPS) is 24.8. The van der Waals surface area contributed by atoms with Gasteiger partial charge in [-0.2, -0.15) is 0 Å². The molecule has 5 heteroatoms. The number of piperidine rings is 1. The third-order valence-corrected chi connectivity index (χ3v) is 4.24. The second-order valence-corrected chi connectivity index (χ2v) is 6.74. The van der Waals surface area contributed by atoms with Gasteiger partial charge in [0.05, 0.1) is 17.8 Å². The van der Waals surface area contributed by atoms with E-state index in [1.54, 1.807) is 0 Å². The van der Waals surface area contributed by atoms with Crippen LogP contribution in [0, 0.1) is 0 Å². The van der Waals surface area contributed by atoms with E-state index in [0.29, 0.717) is 18.4 Å². The van der Waals surface area contributed by atoms with Crippen LogP contribution < -0.4 is 0 Å². The Morgan fingerprint density at radius 3 is 2.41 bits per heavy atom. The van der Waals surface area contributed by atoms with Gasteiger partial charge in [0.1, 0.15) is 5.54 Å². The summed E-state index contributed by atoms with van der Waals surface area (Å²) in [6, 6.07) is 0. The Bertz CT molecular complexity index is 469. The summed E-state index contributed by atoms with van der Waals surface area (Å²) in [6.07, 6.45) is 5.60. The van der Waals surface area contributed by atoms with Crippen molar-refractivity contribution in [1.82, 2.24) is 4.90 Å². The van der Waals surface area contributed by atoms with Gasteiger partial charge in [0.25, 0.3) is 0 Å². The molecule has 5 nitrogen and oxygen atoms in total. The molecule has 124 valence electrons. The molecule has 0 bridgehead atoms. The van der Waals surface area contributed by atoms with Crippen molar-refractivity contribution in [2.75, 3.05) is 6.54 Å². The minimum absolute atomic E-state index is 0.123. The lowest BCUT2D eigenvalue weighted by atomic mass is 9.79. The van der Waals surface area contributed by atoms with E-state index in [0.717, 1.165) is 25.8 Å². The number of hydrogen-bond acceptors (Lipinski definition) is 5. The van der Waals surface area contributed by atoms with Crippen LogP contribution in [0.3, 0.4) is 0 Å². The van der Waals surface area contributed by atoms with Crippen LogP contribution in [0.25, 0.3) is 0 Å². The molecular formula is C17H27NO4. The average Bonchev–Trinajstić information content (AvgIpc) is 2.45. The molecule has 0 spiro atoms. The van der Waals surface area contributed by atoms with Crippen LogP contribution in [-0.2, 0) is 19.1 Å². The van der Waals surface area contributed by atoms with Gasteiger partial charge < -0.3 is 14.4 Å². The minimum Gasteiger partial charge on any atom is -0.461 e. The molecule has 0 amide bonds. The first-order valence-electron chi connectivity index (χ1n) is 8.24. The molecule has 1 unspecified atom stereocenters. The first kappa shape index (κ1) is 16.8. The summed E-state index contributed by atoms with van der Waals surface area (Å²) in [5.41, 5.74) is 0.0630. The van der Waals surface area contributed by atoms with E-state index in [9.17, 15) is 9.59 Å². The van der Waals surface area contributed by atoms with Crippen LogP contribution in [0.5, 0.6) is 0 Å². The Morgan fingerprint density at radius 1 is 1.09 bits per heavy atom. The zero-order valence-electron chi connectivity index (χ0n) is 14.1. The van der Waals surface area contributed by atoms with Crippen molar-refractivity contribution < 1.29 is 19.1 Å². The lowest BCUT2D eigenvalue weighted by molar-refractivity contribution is -0.164. The first-order valence-corrected chi connectivity index (χ1v) is 8.24. The standard InChI is InChI=1S/C17H27NO4/c1-12(2)21-15(19)14-7-9-17(16(20)22-13(3)4)8-5-6-10-18(17)11-14/h11-13H,5-10H2,1-4H3. The Hall–Kier alpha value is -1.52. The molecule has 1 fully saturated rings. The van der Waals surface area contributed by atoms with Gasteiger partial charge >= 0.3 is 11.9 Å². The van der Waals surface area contributed by atoms with Crippen molar-refractivity contribution in [3.8, 4) is 0 Å². The summed E-state index contributed by atoms with van der Waals surface area (Å²) < 4.78 is 10.8. The van der Waals surface area contributed by atoms with Crippen molar-refractivity contribution in [1.29, 1.82) is 0 Å². The van der Waals surface area contributed by atoms with E-state index in [2.05, 4.69) is 0 Å². The van der Waals surface area contributed by atoms with Crippen LogP contribution in [0.1, 0.15) is 59.8 Å². The van der Waals surface area contributed by atoms with Gasteiger partial charge in [0, 0.05) is 12.7 Å². The number of carbonyl (C=O) groups is 2. The number of carbonyl (C=O) groups excluding carboxylic acids is 2. The molecule has 0 N–H and O–H groups in total. The number of fused-ring (bicyclic) bond motifs is 1. The van der Waals surface area contributed by atoms with Crippen LogP contribution in [-0.4, -0.2) is 41.1 Å². The van der Waals surface area contributed by atoms with Crippen molar-refractivity contribution in [2.24, 2.45) is 0 Å². The molecule has 2 aliphatic rings. The molecule has 0 aromatic rings. The van der Waals surface area contributed by atoms with Gasteiger partial charge in [-0.05, 0) is 59.8 Å². The molecular weight excluding hydrogens is 282 g/mol. The molecule has 0 aromatic carbocycles. The van der Waals surface area contributed by atoms with Gasteiger partial charge in [0.15, 0.2) is 0 Å². The third kappa shape index (κ3) is 3.45. The summed E-state index contributed by atoms with van der Waals surface area (Å²) in [4.78, 5) is 26.7. The second-order valence-electron chi connectivity index (χ2n) is 6.74. The van der Waals surface area contributed by atoms with Crippen LogP contribution in [0.2, 0.25) is 0 Å². The predicted octanol–water partition coefficient (Wildman–Crippen LogP) is 2.79. The fraction of sp³-hybridized carbons (Fsp3) is 0.765. The van der Waals surface area contributed by atoms with Crippen LogP contribution in [0.15, 0.2) is 11.8 Å². The first-order chi connectivity index (χ1) is 10.3.